The van der Waals surface area contributed by atoms with Crippen molar-refractivity contribution in [2.24, 2.45) is 5.92 Å². The van der Waals surface area contributed by atoms with E-state index >= 15 is 0 Å². The Morgan fingerprint density at radius 2 is 1.93 bits per heavy atom. The van der Waals surface area contributed by atoms with Crippen LogP contribution in [0.5, 0.6) is 0 Å². The number of aryl methyl sites for hydroxylation is 1. The van der Waals surface area contributed by atoms with Gasteiger partial charge in [0.15, 0.2) is 5.65 Å². The fourth-order valence-corrected chi connectivity index (χ4v) is 3.71. The van der Waals surface area contributed by atoms with E-state index in [1.54, 1.807) is 10.8 Å². The minimum atomic E-state index is 0.0225. The number of piperidine rings is 1. The summed E-state index contributed by atoms with van der Waals surface area (Å²) in [6.45, 7) is 5.83. The highest BCUT2D eigenvalue weighted by molar-refractivity contribution is 5.79. The van der Waals surface area contributed by atoms with Crippen LogP contribution in [0.15, 0.2) is 42.7 Å². The Morgan fingerprint density at radius 1 is 1.18 bits per heavy atom. The van der Waals surface area contributed by atoms with E-state index in [1.807, 2.05) is 19.1 Å². The maximum absolute atomic E-state index is 12.7. The molecule has 1 N–H and O–H groups in total. The van der Waals surface area contributed by atoms with Gasteiger partial charge in [0, 0.05) is 19.0 Å². The largest absolute Gasteiger partial charge is 0.355 e. The number of nitrogens with zero attached hydrogens (tertiary/aromatic N) is 5. The Labute approximate surface area is 164 Å². The standard InChI is InChI=1S/C21H26N6O/c1-3-16-4-6-17(7-5-16)15(2)23-21(28)18-10-12-26(13-11-18)20-9-8-19-24-22-14-27(19)25-20/h4-9,14-15,18H,3,10-13H2,1-2H3,(H,23,28)/t15-/m0/s1. The van der Waals surface area contributed by atoms with Gasteiger partial charge in [-0.25, -0.2) is 0 Å². The molecule has 3 heterocycles. The van der Waals surface area contributed by atoms with Gasteiger partial charge in [0.05, 0.1) is 6.04 Å². The summed E-state index contributed by atoms with van der Waals surface area (Å²) in [6.07, 6.45) is 4.29. The second-order valence-corrected chi connectivity index (χ2v) is 7.41. The molecule has 0 radical (unpaired) electrons. The van der Waals surface area contributed by atoms with Crippen molar-refractivity contribution in [2.45, 2.75) is 39.2 Å². The summed E-state index contributed by atoms with van der Waals surface area (Å²) in [5.41, 5.74) is 3.20. The van der Waals surface area contributed by atoms with Crippen LogP contribution in [0.4, 0.5) is 5.82 Å². The van der Waals surface area contributed by atoms with Crippen molar-refractivity contribution in [1.82, 2.24) is 25.1 Å². The number of carbonyl (C=O) groups excluding carboxylic acids is 1. The number of carbonyl (C=O) groups is 1. The van der Waals surface area contributed by atoms with E-state index in [4.69, 9.17) is 0 Å². The highest BCUT2D eigenvalue weighted by Gasteiger charge is 2.26. The zero-order valence-corrected chi connectivity index (χ0v) is 16.4. The highest BCUT2D eigenvalue weighted by Crippen LogP contribution is 2.23. The summed E-state index contributed by atoms with van der Waals surface area (Å²) < 4.78 is 1.68. The lowest BCUT2D eigenvalue weighted by Crippen LogP contribution is -2.41. The highest BCUT2D eigenvalue weighted by atomic mass is 16.1. The van der Waals surface area contributed by atoms with Crippen molar-refractivity contribution in [3.05, 3.63) is 53.9 Å². The molecule has 0 aliphatic carbocycles. The quantitative estimate of drug-likeness (QED) is 0.739. The Hall–Kier alpha value is -2.96. The molecule has 0 spiro atoms. The van der Waals surface area contributed by atoms with E-state index < -0.39 is 0 Å². The van der Waals surface area contributed by atoms with Gasteiger partial charge in [-0.2, -0.15) is 4.52 Å². The molecule has 1 saturated heterocycles. The van der Waals surface area contributed by atoms with Crippen LogP contribution in [0.25, 0.3) is 5.65 Å². The minimum absolute atomic E-state index is 0.0225. The van der Waals surface area contributed by atoms with Crippen LogP contribution < -0.4 is 10.2 Å². The molecular weight excluding hydrogens is 352 g/mol. The van der Waals surface area contributed by atoms with Crippen molar-refractivity contribution in [3.8, 4) is 0 Å². The van der Waals surface area contributed by atoms with E-state index in [9.17, 15) is 4.79 Å². The molecule has 4 rings (SSSR count). The zero-order chi connectivity index (χ0) is 19.5. The average molecular weight is 378 g/mol. The maximum atomic E-state index is 12.7. The first-order chi connectivity index (χ1) is 13.6. The van der Waals surface area contributed by atoms with Gasteiger partial charge in [-0.05, 0) is 49.4 Å². The number of benzene rings is 1. The van der Waals surface area contributed by atoms with Crippen LogP contribution in [0.2, 0.25) is 0 Å². The van der Waals surface area contributed by atoms with E-state index in [0.29, 0.717) is 0 Å². The molecule has 1 aromatic carbocycles. The molecule has 3 aromatic rings. The second-order valence-electron chi connectivity index (χ2n) is 7.41. The van der Waals surface area contributed by atoms with Gasteiger partial charge in [-0.15, -0.1) is 15.3 Å². The molecule has 1 aliphatic heterocycles. The topological polar surface area (TPSA) is 75.4 Å². The average Bonchev–Trinajstić information content (AvgIpc) is 3.21. The number of amides is 1. The molecule has 0 saturated carbocycles. The Balaban J connectivity index is 1.32. The molecule has 1 aliphatic rings. The number of aromatic nitrogens is 4. The van der Waals surface area contributed by atoms with Crippen molar-refractivity contribution in [2.75, 3.05) is 18.0 Å². The molecule has 0 bridgehead atoms. The van der Waals surface area contributed by atoms with Crippen LogP contribution in [0.3, 0.4) is 0 Å². The van der Waals surface area contributed by atoms with Crippen LogP contribution in [-0.4, -0.2) is 38.8 Å². The number of rotatable bonds is 5. The molecule has 1 atom stereocenters. The summed E-state index contributed by atoms with van der Waals surface area (Å²) in [6, 6.07) is 12.4. The molecule has 2 aromatic heterocycles. The molecule has 7 nitrogen and oxygen atoms in total. The summed E-state index contributed by atoms with van der Waals surface area (Å²) in [5.74, 6) is 1.09. The van der Waals surface area contributed by atoms with Gasteiger partial charge in [0.2, 0.25) is 5.91 Å². The lowest BCUT2D eigenvalue weighted by molar-refractivity contribution is -0.126. The van der Waals surface area contributed by atoms with Crippen molar-refractivity contribution >= 4 is 17.4 Å². The van der Waals surface area contributed by atoms with E-state index in [0.717, 1.165) is 49.4 Å². The van der Waals surface area contributed by atoms with E-state index in [-0.39, 0.29) is 17.9 Å². The molecule has 0 unspecified atom stereocenters. The summed E-state index contributed by atoms with van der Waals surface area (Å²) in [7, 11) is 0. The number of hydrogen-bond acceptors (Lipinski definition) is 5. The van der Waals surface area contributed by atoms with Crippen LogP contribution >= 0.6 is 0 Å². The number of anilines is 1. The Morgan fingerprint density at radius 3 is 2.64 bits per heavy atom. The zero-order valence-electron chi connectivity index (χ0n) is 16.4. The fourth-order valence-electron chi connectivity index (χ4n) is 3.71. The van der Waals surface area contributed by atoms with Gasteiger partial charge in [0.25, 0.3) is 0 Å². The van der Waals surface area contributed by atoms with E-state index in [2.05, 4.69) is 56.7 Å². The van der Waals surface area contributed by atoms with Crippen LogP contribution in [0.1, 0.15) is 43.9 Å². The molecule has 28 heavy (non-hydrogen) atoms. The van der Waals surface area contributed by atoms with Crippen molar-refractivity contribution in [3.63, 3.8) is 0 Å². The van der Waals surface area contributed by atoms with Crippen LogP contribution in [-0.2, 0) is 11.2 Å². The fraction of sp³-hybridized carbons (Fsp3) is 0.429. The van der Waals surface area contributed by atoms with Gasteiger partial charge in [-0.1, -0.05) is 31.2 Å². The smallest absolute Gasteiger partial charge is 0.223 e. The number of nitrogens with one attached hydrogen (secondary N) is 1. The lowest BCUT2D eigenvalue weighted by atomic mass is 9.95. The third-order valence-electron chi connectivity index (χ3n) is 5.58. The molecule has 7 heteroatoms. The summed E-state index contributed by atoms with van der Waals surface area (Å²) >= 11 is 0. The van der Waals surface area contributed by atoms with Gasteiger partial charge < -0.3 is 10.2 Å². The third kappa shape index (κ3) is 3.83. The Bertz CT molecular complexity index is 943. The second kappa shape index (κ2) is 7.96. The predicted molar refractivity (Wildman–Crippen MR) is 108 cm³/mol. The predicted octanol–water partition coefficient (Wildman–Crippen LogP) is 2.78. The minimum Gasteiger partial charge on any atom is -0.355 e. The lowest BCUT2D eigenvalue weighted by Gasteiger charge is -2.32. The van der Waals surface area contributed by atoms with Gasteiger partial charge >= 0.3 is 0 Å². The SMILES string of the molecule is CCc1ccc([C@H](C)NC(=O)C2CCN(c3ccc4nncn4n3)CC2)cc1. The first-order valence-electron chi connectivity index (χ1n) is 9.95. The van der Waals surface area contributed by atoms with Crippen molar-refractivity contribution < 1.29 is 4.79 Å². The molecule has 1 fully saturated rings. The van der Waals surface area contributed by atoms with Crippen molar-refractivity contribution in [1.29, 1.82) is 0 Å². The first kappa shape index (κ1) is 18.4. The number of hydrogen-bond donors (Lipinski definition) is 1. The van der Waals surface area contributed by atoms with E-state index in [1.165, 1.54) is 5.56 Å². The monoisotopic (exact) mass is 378 g/mol. The van der Waals surface area contributed by atoms with Gasteiger partial charge in [0.1, 0.15) is 12.1 Å². The Kier molecular flexibility index (Phi) is 5.23. The van der Waals surface area contributed by atoms with Crippen LogP contribution in [0, 0.1) is 5.92 Å². The molecule has 1 amide bonds. The first-order valence-corrected chi connectivity index (χ1v) is 9.95. The molecule has 146 valence electrons. The summed E-state index contributed by atoms with van der Waals surface area (Å²) in [5, 5.41) is 15.6. The normalized spacial score (nSPS) is 16.3. The third-order valence-corrected chi connectivity index (χ3v) is 5.58. The summed E-state index contributed by atoms with van der Waals surface area (Å²) in [4.78, 5) is 14.9. The van der Waals surface area contributed by atoms with Gasteiger partial charge in [-0.3, -0.25) is 4.79 Å². The molecular formula is C21H26N6O. The number of fused-ring (bicyclic) bond motifs is 1. The maximum Gasteiger partial charge on any atom is 0.223 e.